The van der Waals surface area contributed by atoms with Crippen molar-refractivity contribution in [3.63, 3.8) is 0 Å². The fraction of sp³-hybridized carbons (Fsp3) is 0.429. The lowest BCUT2D eigenvalue weighted by atomic mass is 10.1. The largest absolute Gasteiger partial charge is 0.492 e. The minimum absolute atomic E-state index is 0.0122. The number of fused-ring (bicyclic) bond motifs is 3. The zero-order valence-corrected chi connectivity index (χ0v) is 17.8. The van der Waals surface area contributed by atoms with E-state index in [2.05, 4.69) is 23.9 Å². The Morgan fingerprint density at radius 3 is 2.83 bits per heavy atom. The van der Waals surface area contributed by atoms with E-state index in [1.165, 1.54) is 0 Å². The van der Waals surface area contributed by atoms with E-state index in [0.717, 1.165) is 33.4 Å². The van der Waals surface area contributed by atoms with Gasteiger partial charge in [0, 0.05) is 41.6 Å². The molecule has 1 fully saturated rings. The normalized spacial score (nSPS) is 16.0. The first-order valence-electron chi connectivity index (χ1n) is 10.2. The van der Waals surface area contributed by atoms with Crippen molar-refractivity contribution in [1.29, 1.82) is 0 Å². The van der Waals surface area contributed by atoms with Gasteiger partial charge in [-0.1, -0.05) is 0 Å². The minimum atomic E-state index is 0.0122. The van der Waals surface area contributed by atoms with E-state index in [4.69, 9.17) is 14.5 Å². The Labute approximate surface area is 178 Å². The Balaban J connectivity index is 1.50. The van der Waals surface area contributed by atoms with Crippen LogP contribution in [0.15, 0.2) is 24.5 Å². The van der Waals surface area contributed by atoms with Crippen LogP contribution < -0.4 is 4.74 Å². The van der Waals surface area contributed by atoms with Gasteiger partial charge in [0.2, 0.25) is 0 Å². The first-order chi connectivity index (χ1) is 14.6. The quantitative estimate of drug-likeness (QED) is 0.641. The molecule has 0 N–H and O–H groups in total. The second-order valence-corrected chi connectivity index (χ2v) is 8.71. The second-order valence-electron chi connectivity index (χ2n) is 7.63. The van der Waals surface area contributed by atoms with Gasteiger partial charge in [-0.25, -0.2) is 14.6 Å². The SMILES string of the molecule is CC(C)n1ncnc1-c1nc2c(s1)CCOc1cc(C(=O)N3CCOCC3)ccc1-2. The third kappa shape index (κ3) is 3.37. The van der Waals surface area contributed by atoms with Crippen LogP contribution in [0.2, 0.25) is 0 Å². The van der Waals surface area contributed by atoms with E-state index < -0.39 is 0 Å². The van der Waals surface area contributed by atoms with Crippen molar-refractivity contribution < 1.29 is 14.3 Å². The first-order valence-corrected chi connectivity index (χ1v) is 11.0. The maximum atomic E-state index is 12.9. The topological polar surface area (TPSA) is 82.4 Å². The van der Waals surface area contributed by atoms with Gasteiger partial charge in [0.15, 0.2) is 10.8 Å². The third-order valence-electron chi connectivity index (χ3n) is 5.32. The average molecular weight is 426 g/mol. The molecule has 1 amide bonds. The summed E-state index contributed by atoms with van der Waals surface area (Å²) < 4.78 is 13.2. The number of morpholine rings is 1. The van der Waals surface area contributed by atoms with Gasteiger partial charge in [-0.3, -0.25) is 4.79 Å². The Bertz CT molecular complexity index is 1080. The zero-order valence-electron chi connectivity index (χ0n) is 17.0. The maximum absolute atomic E-state index is 12.9. The number of rotatable bonds is 3. The first kappa shape index (κ1) is 19.2. The molecule has 3 aromatic rings. The van der Waals surface area contributed by atoms with Gasteiger partial charge in [0.05, 0.1) is 25.5 Å². The summed E-state index contributed by atoms with van der Waals surface area (Å²) >= 11 is 1.63. The smallest absolute Gasteiger partial charge is 0.254 e. The number of hydrogen-bond acceptors (Lipinski definition) is 7. The monoisotopic (exact) mass is 425 g/mol. The van der Waals surface area contributed by atoms with Gasteiger partial charge in [0.25, 0.3) is 5.91 Å². The molecule has 1 saturated heterocycles. The van der Waals surface area contributed by atoms with Crippen molar-refractivity contribution in [2.45, 2.75) is 26.3 Å². The van der Waals surface area contributed by atoms with Gasteiger partial charge in [0.1, 0.15) is 12.1 Å². The summed E-state index contributed by atoms with van der Waals surface area (Å²) in [4.78, 5) is 25.2. The lowest BCUT2D eigenvalue weighted by Gasteiger charge is -2.27. The summed E-state index contributed by atoms with van der Waals surface area (Å²) in [7, 11) is 0. The average Bonchev–Trinajstić information content (AvgIpc) is 3.38. The number of carbonyl (C=O) groups is 1. The van der Waals surface area contributed by atoms with Crippen LogP contribution in [-0.2, 0) is 11.2 Å². The van der Waals surface area contributed by atoms with Gasteiger partial charge in [-0.2, -0.15) is 5.10 Å². The fourth-order valence-electron chi connectivity index (χ4n) is 3.78. The number of benzene rings is 1. The van der Waals surface area contributed by atoms with Crippen molar-refractivity contribution >= 4 is 17.2 Å². The number of nitrogens with zero attached hydrogens (tertiary/aromatic N) is 5. The third-order valence-corrected chi connectivity index (χ3v) is 6.43. The maximum Gasteiger partial charge on any atom is 0.254 e. The summed E-state index contributed by atoms with van der Waals surface area (Å²) in [5.74, 6) is 1.50. The Morgan fingerprint density at radius 2 is 2.03 bits per heavy atom. The molecular formula is C21H23N5O3S. The highest BCUT2D eigenvalue weighted by atomic mass is 32.1. The standard InChI is InChI=1S/C21H23N5O3S/c1-13(2)26-19(22-12-23-26)20-24-18-15-4-3-14(21(27)25-6-9-28-10-7-25)11-16(15)29-8-5-17(18)30-20/h3-4,11-13H,5-10H2,1-2H3. The molecule has 0 radical (unpaired) electrons. The van der Waals surface area contributed by atoms with Crippen LogP contribution in [0.5, 0.6) is 5.75 Å². The van der Waals surface area contributed by atoms with Crippen molar-refractivity contribution in [3.8, 4) is 27.8 Å². The predicted octanol–water partition coefficient (Wildman–Crippen LogP) is 3.06. The molecule has 30 heavy (non-hydrogen) atoms. The van der Waals surface area contributed by atoms with E-state index in [9.17, 15) is 4.79 Å². The Morgan fingerprint density at radius 1 is 1.20 bits per heavy atom. The number of aromatic nitrogens is 4. The number of carbonyl (C=O) groups excluding carboxylic acids is 1. The molecule has 2 aromatic heterocycles. The minimum Gasteiger partial charge on any atom is -0.492 e. The number of amides is 1. The molecule has 0 bridgehead atoms. The molecule has 0 spiro atoms. The van der Waals surface area contributed by atoms with Crippen molar-refractivity contribution in [1.82, 2.24) is 24.6 Å². The molecule has 0 aliphatic carbocycles. The van der Waals surface area contributed by atoms with Crippen LogP contribution in [0, 0.1) is 0 Å². The molecule has 0 saturated carbocycles. The summed E-state index contributed by atoms with van der Waals surface area (Å²) in [5.41, 5.74) is 2.46. The second kappa shape index (κ2) is 7.81. The molecule has 2 aliphatic heterocycles. The summed E-state index contributed by atoms with van der Waals surface area (Å²) in [5, 5.41) is 5.19. The molecule has 0 unspecified atom stereocenters. The van der Waals surface area contributed by atoms with Crippen LogP contribution in [-0.4, -0.2) is 63.5 Å². The number of ether oxygens (including phenoxy) is 2. The fourth-order valence-corrected chi connectivity index (χ4v) is 4.83. The van der Waals surface area contributed by atoms with E-state index in [0.29, 0.717) is 44.2 Å². The summed E-state index contributed by atoms with van der Waals surface area (Å²) in [6.45, 7) is 7.10. The predicted molar refractivity (Wildman–Crippen MR) is 113 cm³/mol. The van der Waals surface area contributed by atoms with Crippen molar-refractivity contribution in [3.05, 3.63) is 35.0 Å². The molecule has 5 rings (SSSR count). The molecule has 8 nitrogen and oxygen atoms in total. The van der Waals surface area contributed by atoms with Crippen LogP contribution in [0.4, 0.5) is 0 Å². The molecule has 1 aromatic carbocycles. The van der Waals surface area contributed by atoms with E-state index in [1.54, 1.807) is 17.7 Å². The lowest BCUT2D eigenvalue weighted by Crippen LogP contribution is -2.40. The van der Waals surface area contributed by atoms with Gasteiger partial charge >= 0.3 is 0 Å². The molecule has 0 atom stereocenters. The number of thiazole rings is 1. The molecule has 4 heterocycles. The van der Waals surface area contributed by atoms with E-state index in [1.807, 2.05) is 27.8 Å². The van der Waals surface area contributed by atoms with Crippen LogP contribution >= 0.6 is 11.3 Å². The highest BCUT2D eigenvalue weighted by Crippen LogP contribution is 2.40. The van der Waals surface area contributed by atoms with Crippen molar-refractivity contribution in [2.75, 3.05) is 32.9 Å². The molecule has 156 valence electrons. The lowest BCUT2D eigenvalue weighted by molar-refractivity contribution is 0.0302. The summed E-state index contributed by atoms with van der Waals surface area (Å²) in [6, 6.07) is 5.86. The van der Waals surface area contributed by atoms with Crippen molar-refractivity contribution in [2.24, 2.45) is 0 Å². The van der Waals surface area contributed by atoms with Gasteiger partial charge in [-0.05, 0) is 32.0 Å². The van der Waals surface area contributed by atoms with E-state index in [-0.39, 0.29) is 11.9 Å². The molecule has 2 aliphatic rings. The van der Waals surface area contributed by atoms with Gasteiger partial charge < -0.3 is 14.4 Å². The molecule has 9 heteroatoms. The van der Waals surface area contributed by atoms with Crippen LogP contribution in [0.1, 0.15) is 35.1 Å². The van der Waals surface area contributed by atoms with Gasteiger partial charge in [-0.15, -0.1) is 11.3 Å². The van der Waals surface area contributed by atoms with E-state index >= 15 is 0 Å². The van der Waals surface area contributed by atoms with Crippen LogP contribution in [0.25, 0.3) is 22.1 Å². The Kier molecular flexibility index (Phi) is 5.00. The molecular weight excluding hydrogens is 402 g/mol. The van der Waals surface area contributed by atoms with Crippen LogP contribution in [0.3, 0.4) is 0 Å². The zero-order chi connectivity index (χ0) is 20.7. The summed E-state index contributed by atoms with van der Waals surface area (Å²) in [6.07, 6.45) is 2.34. The highest BCUT2D eigenvalue weighted by Gasteiger charge is 2.25. The highest BCUT2D eigenvalue weighted by molar-refractivity contribution is 7.15. The Hall–Kier alpha value is -2.78. The number of hydrogen-bond donors (Lipinski definition) is 0.